The highest BCUT2D eigenvalue weighted by atomic mass is 16.5. The number of ether oxygens (including phenoxy) is 1. The van der Waals surface area contributed by atoms with Gasteiger partial charge in [0, 0.05) is 64.0 Å². The first-order valence-electron chi connectivity index (χ1n) is 10.6. The Morgan fingerprint density at radius 1 is 1.14 bits per heavy atom. The van der Waals surface area contributed by atoms with Gasteiger partial charge in [-0.1, -0.05) is 30.3 Å². The van der Waals surface area contributed by atoms with E-state index in [1.54, 1.807) is 0 Å². The lowest BCUT2D eigenvalue weighted by Crippen LogP contribution is -2.38. The fourth-order valence-corrected chi connectivity index (χ4v) is 4.22. The summed E-state index contributed by atoms with van der Waals surface area (Å²) in [6.07, 6.45) is 1.87. The first-order chi connectivity index (χ1) is 14.2. The van der Waals surface area contributed by atoms with Crippen molar-refractivity contribution < 1.29 is 9.53 Å². The van der Waals surface area contributed by atoms with E-state index in [2.05, 4.69) is 44.5 Å². The van der Waals surface area contributed by atoms with E-state index in [1.165, 1.54) is 11.3 Å². The van der Waals surface area contributed by atoms with Crippen LogP contribution in [0.15, 0.2) is 30.3 Å². The third kappa shape index (κ3) is 5.04. The van der Waals surface area contributed by atoms with Crippen molar-refractivity contribution in [3.05, 3.63) is 52.8 Å². The molecule has 0 aliphatic carbocycles. The number of hydrogen-bond acceptors (Lipinski definition) is 5. The first-order valence-corrected chi connectivity index (χ1v) is 10.6. The van der Waals surface area contributed by atoms with E-state index in [0.29, 0.717) is 12.2 Å². The largest absolute Gasteiger partial charge is 0.379 e. The van der Waals surface area contributed by atoms with Crippen LogP contribution < -0.4 is 5.32 Å². The number of aryl methyl sites for hydroxylation is 1. The van der Waals surface area contributed by atoms with Gasteiger partial charge in [-0.05, 0) is 18.5 Å². The van der Waals surface area contributed by atoms with Crippen LogP contribution >= 0.6 is 0 Å². The van der Waals surface area contributed by atoms with Gasteiger partial charge in [-0.15, -0.1) is 0 Å². The average Bonchev–Trinajstić information content (AvgIpc) is 3.08. The van der Waals surface area contributed by atoms with E-state index in [0.717, 1.165) is 70.9 Å². The minimum atomic E-state index is -0.0506. The van der Waals surface area contributed by atoms with Crippen LogP contribution in [0, 0.1) is 0 Å². The third-order valence-corrected chi connectivity index (χ3v) is 5.83. The fraction of sp³-hybridized carbons (Fsp3) is 0.545. The summed E-state index contributed by atoms with van der Waals surface area (Å²) in [5.41, 5.74) is 4.16. The zero-order valence-corrected chi connectivity index (χ0v) is 17.3. The maximum Gasteiger partial charge on any atom is 0.272 e. The van der Waals surface area contributed by atoms with E-state index in [1.807, 2.05) is 17.8 Å². The maximum absolute atomic E-state index is 12.8. The van der Waals surface area contributed by atoms with Crippen LogP contribution in [0.1, 0.15) is 33.7 Å². The van der Waals surface area contributed by atoms with E-state index < -0.39 is 0 Å². The fourth-order valence-electron chi connectivity index (χ4n) is 4.22. The minimum Gasteiger partial charge on any atom is -0.379 e. The van der Waals surface area contributed by atoms with E-state index in [9.17, 15) is 4.79 Å². The van der Waals surface area contributed by atoms with Gasteiger partial charge in [-0.3, -0.25) is 19.3 Å². The second kappa shape index (κ2) is 9.52. The zero-order chi connectivity index (χ0) is 20.1. The summed E-state index contributed by atoms with van der Waals surface area (Å²) in [6.45, 7) is 7.92. The van der Waals surface area contributed by atoms with Crippen LogP contribution in [0.4, 0.5) is 0 Å². The van der Waals surface area contributed by atoms with Crippen LogP contribution in [0.3, 0.4) is 0 Å². The van der Waals surface area contributed by atoms with Gasteiger partial charge in [0.05, 0.1) is 13.2 Å². The number of morpholine rings is 1. The third-order valence-electron chi connectivity index (χ3n) is 5.83. The van der Waals surface area contributed by atoms with Gasteiger partial charge in [-0.2, -0.15) is 5.10 Å². The van der Waals surface area contributed by atoms with Crippen LogP contribution in [0.25, 0.3) is 0 Å². The molecule has 0 atom stereocenters. The average molecular weight is 398 g/mol. The molecule has 29 heavy (non-hydrogen) atoms. The Labute approximate surface area is 172 Å². The number of amides is 1. The Morgan fingerprint density at radius 2 is 1.93 bits per heavy atom. The molecule has 4 rings (SSSR count). The van der Waals surface area contributed by atoms with Crippen molar-refractivity contribution in [1.82, 2.24) is 24.9 Å². The first kappa shape index (κ1) is 20.1. The van der Waals surface area contributed by atoms with E-state index in [4.69, 9.17) is 4.74 Å². The highest BCUT2D eigenvalue weighted by Crippen LogP contribution is 2.23. The summed E-state index contributed by atoms with van der Waals surface area (Å²) in [7, 11) is 1.95. The molecule has 1 saturated heterocycles. The molecule has 1 N–H and O–H groups in total. The Morgan fingerprint density at radius 3 is 2.72 bits per heavy atom. The van der Waals surface area contributed by atoms with Gasteiger partial charge in [0.1, 0.15) is 0 Å². The number of nitrogens with one attached hydrogen (secondary N) is 1. The lowest BCUT2D eigenvalue weighted by Gasteiger charge is -2.27. The normalized spacial score (nSPS) is 17.8. The maximum atomic E-state index is 12.8. The van der Waals surface area contributed by atoms with Crippen molar-refractivity contribution in [2.75, 3.05) is 45.9 Å². The van der Waals surface area contributed by atoms with E-state index in [-0.39, 0.29) is 5.91 Å². The highest BCUT2D eigenvalue weighted by molar-refractivity contribution is 5.94. The summed E-state index contributed by atoms with van der Waals surface area (Å²) in [4.78, 5) is 17.6. The number of rotatable bonds is 7. The summed E-state index contributed by atoms with van der Waals surface area (Å²) in [5.74, 6) is -0.0506. The summed E-state index contributed by atoms with van der Waals surface area (Å²) >= 11 is 0. The Kier molecular flexibility index (Phi) is 6.59. The highest BCUT2D eigenvalue weighted by Gasteiger charge is 2.27. The molecular formula is C22H31N5O2. The van der Waals surface area contributed by atoms with Crippen molar-refractivity contribution >= 4 is 5.91 Å². The SMILES string of the molecule is Cn1nc(C(=O)NCCCN2CCOCC2)c2c1CCN(Cc1ccccc1)C2. The molecule has 7 nitrogen and oxygen atoms in total. The number of aromatic nitrogens is 2. The van der Waals surface area contributed by atoms with Gasteiger partial charge in [0.15, 0.2) is 5.69 Å². The molecule has 1 aromatic carbocycles. The van der Waals surface area contributed by atoms with Gasteiger partial charge in [0.2, 0.25) is 0 Å². The molecule has 1 amide bonds. The summed E-state index contributed by atoms with van der Waals surface area (Å²) in [5, 5.41) is 7.63. The molecule has 3 heterocycles. The molecular weight excluding hydrogens is 366 g/mol. The molecule has 0 saturated carbocycles. The second-order valence-corrected chi connectivity index (χ2v) is 7.91. The summed E-state index contributed by atoms with van der Waals surface area (Å²) < 4.78 is 7.26. The molecule has 0 unspecified atom stereocenters. The van der Waals surface area contributed by atoms with Crippen LogP contribution in [-0.2, 0) is 31.3 Å². The van der Waals surface area contributed by atoms with Crippen molar-refractivity contribution in [2.24, 2.45) is 7.05 Å². The standard InChI is InChI=1S/C22H31N5O2/c1-25-20-8-11-27(16-18-6-3-2-4-7-18)17-19(20)21(24-25)22(28)23-9-5-10-26-12-14-29-15-13-26/h2-4,6-7H,5,8-17H2,1H3,(H,23,28). The molecule has 2 aromatic rings. The Hall–Kier alpha value is -2.22. The Balaban J connectivity index is 1.33. The molecule has 1 fully saturated rings. The number of carbonyl (C=O) groups is 1. The second-order valence-electron chi connectivity index (χ2n) is 7.91. The topological polar surface area (TPSA) is 62.6 Å². The monoisotopic (exact) mass is 397 g/mol. The predicted molar refractivity (Wildman–Crippen MR) is 112 cm³/mol. The van der Waals surface area contributed by atoms with Crippen LogP contribution in [0.5, 0.6) is 0 Å². The molecule has 156 valence electrons. The zero-order valence-electron chi connectivity index (χ0n) is 17.3. The lowest BCUT2D eigenvalue weighted by atomic mass is 10.0. The minimum absolute atomic E-state index is 0.0506. The number of hydrogen-bond donors (Lipinski definition) is 1. The van der Waals surface area contributed by atoms with Crippen molar-refractivity contribution in [2.45, 2.75) is 25.9 Å². The number of benzene rings is 1. The van der Waals surface area contributed by atoms with Crippen molar-refractivity contribution in [1.29, 1.82) is 0 Å². The van der Waals surface area contributed by atoms with Gasteiger partial charge in [-0.25, -0.2) is 0 Å². The van der Waals surface area contributed by atoms with Crippen molar-refractivity contribution in [3.63, 3.8) is 0 Å². The molecule has 0 radical (unpaired) electrons. The predicted octanol–water partition coefficient (Wildman–Crippen LogP) is 1.43. The van der Waals surface area contributed by atoms with Gasteiger partial charge < -0.3 is 10.1 Å². The molecule has 2 aliphatic rings. The quantitative estimate of drug-likeness (QED) is 0.716. The number of nitrogens with zero attached hydrogens (tertiary/aromatic N) is 4. The molecule has 7 heteroatoms. The van der Waals surface area contributed by atoms with Crippen molar-refractivity contribution in [3.8, 4) is 0 Å². The summed E-state index contributed by atoms with van der Waals surface area (Å²) in [6, 6.07) is 10.5. The van der Waals surface area contributed by atoms with Gasteiger partial charge in [0.25, 0.3) is 5.91 Å². The molecule has 1 aromatic heterocycles. The number of fused-ring (bicyclic) bond motifs is 1. The van der Waals surface area contributed by atoms with E-state index >= 15 is 0 Å². The molecule has 0 spiro atoms. The van der Waals surface area contributed by atoms with Gasteiger partial charge >= 0.3 is 0 Å². The molecule has 2 aliphatic heterocycles. The molecule has 0 bridgehead atoms. The Bertz CT molecular complexity index is 814. The number of carbonyl (C=O) groups excluding carboxylic acids is 1. The smallest absolute Gasteiger partial charge is 0.272 e. The lowest BCUT2D eigenvalue weighted by molar-refractivity contribution is 0.0374. The van der Waals surface area contributed by atoms with Crippen LogP contribution in [0.2, 0.25) is 0 Å². The van der Waals surface area contributed by atoms with Crippen LogP contribution in [-0.4, -0.2) is 71.4 Å².